The Bertz CT molecular complexity index is 489. The number of hydrogen-bond acceptors (Lipinski definition) is 4. The number of carbonyl (C=O) groups excluding carboxylic acids is 1. The molecule has 0 aliphatic rings. The summed E-state index contributed by atoms with van der Waals surface area (Å²) >= 11 is 0. The lowest BCUT2D eigenvalue weighted by Gasteiger charge is -2.19. The maximum atomic E-state index is 12.6. The molecule has 0 atom stereocenters. The number of alkyl halides is 6. The fourth-order valence-electron chi connectivity index (χ4n) is 1.14. The highest BCUT2D eigenvalue weighted by Crippen LogP contribution is 2.35. The number of hydrogen-bond donors (Lipinski definition) is 0. The normalized spacial score (nSPS) is 12.1. The predicted molar refractivity (Wildman–Crippen MR) is 61.6 cm³/mol. The highest BCUT2D eigenvalue weighted by atomic mass is 19.4. The highest BCUT2D eigenvalue weighted by Gasteiger charge is 2.58. The second-order valence-corrected chi connectivity index (χ2v) is 4.05. The number of pyridine rings is 1. The topological polar surface area (TPSA) is 48.4 Å². The van der Waals surface area contributed by atoms with Gasteiger partial charge in [0.1, 0.15) is 0 Å². The SMILES string of the molecule is O=C(OCCCF)c1ccc(OCC(F)(F)C(F)(F)F)nc1. The summed E-state index contributed by atoms with van der Waals surface area (Å²) in [5.41, 5.74) is -0.0752. The maximum absolute atomic E-state index is 12.6. The number of esters is 1. The first-order chi connectivity index (χ1) is 10.2. The van der Waals surface area contributed by atoms with Crippen LogP contribution in [0.5, 0.6) is 5.88 Å². The van der Waals surface area contributed by atoms with Crippen LogP contribution in [0.2, 0.25) is 0 Å². The first-order valence-corrected chi connectivity index (χ1v) is 5.94. The van der Waals surface area contributed by atoms with E-state index in [1.165, 1.54) is 0 Å². The molecular formula is C12H11F6NO3. The van der Waals surface area contributed by atoms with Crippen LogP contribution in [0.4, 0.5) is 26.3 Å². The molecule has 0 radical (unpaired) electrons. The van der Waals surface area contributed by atoms with Crippen LogP contribution in [-0.4, -0.2) is 42.9 Å². The van der Waals surface area contributed by atoms with Gasteiger partial charge >= 0.3 is 18.1 Å². The molecule has 0 aromatic carbocycles. The molecule has 0 unspecified atom stereocenters. The van der Waals surface area contributed by atoms with Gasteiger partial charge in [-0.25, -0.2) is 9.78 Å². The van der Waals surface area contributed by atoms with E-state index in [0.29, 0.717) is 0 Å². The fourth-order valence-corrected chi connectivity index (χ4v) is 1.14. The van der Waals surface area contributed by atoms with Gasteiger partial charge in [0.15, 0.2) is 6.61 Å². The lowest BCUT2D eigenvalue weighted by atomic mass is 10.3. The molecule has 124 valence electrons. The second kappa shape index (κ2) is 7.32. The van der Waals surface area contributed by atoms with E-state index in [2.05, 4.69) is 14.5 Å². The van der Waals surface area contributed by atoms with Crippen molar-refractivity contribution in [2.75, 3.05) is 19.9 Å². The van der Waals surface area contributed by atoms with Crippen LogP contribution in [0.1, 0.15) is 16.8 Å². The summed E-state index contributed by atoms with van der Waals surface area (Å²) in [4.78, 5) is 14.8. The lowest BCUT2D eigenvalue weighted by Crippen LogP contribution is -2.41. The van der Waals surface area contributed by atoms with E-state index in [1.807, 2.05) is 0 Å². The second-order valence-electron chi connectivity index (χ2n) is 4.05. The number of rotatable bonds is 7. The Hall–Kier alpha value is -2.00. The summed E-state index contributed by atoms with van der Waals surface area (Å²) in [7, 11) is 0. The smallest absolute Gasteiger partial charge is 0.456 e. The summed E-state index contributed by atoms with van der Waals surface area (Å²) < 4.78 is 81.7. The monoisotopic (exact) mass is 331 g/mol. The first kappa shape index (κ1) is 18.1. The summed E-state index contributed by atoms with van der Waals surface area (Å²) in [5, 5.41) is 0. The highest BCUT2D eigenvalue weighted by molar-refractivity contribution is 5.89. The quantitative estimate of drug-likeness (QED) is 0.437. The fraction of sp³-hybridized carbons (Fsp3) is 0.500. The zero-order valence-corrected chi connectivity index (χ0v) is 11.0. The molecule has 0 bridgehead atoms. The van der Waals surface area contributed by atoms with E-state index in [4.69, 9.17) is 0 Å². The Morgan fingerprint density at radius 2 is 1.86 bits per heavy atom. The van der Waals surface area contributed by atoms with Crippen LogP contribution < -0.4 is 4.74 Å². The van der Waals surface area contributed by atoms with Gasteiger partial charge in [-0.05, 0) is 6.07 Å². The predicted octanol–water partition coefficient (Wildman–Crippen LogP) is 3.17. The van der Waals surface area contributed by atoms with E-state index >= 15 is 0 Å². The van der Waals surface area contributed by atoms with Crippen molar-refractivity contribution in [2.45, 2.75) is 18.5 Å². The van der Waals surface area contributed by atoms with Gasteiger partial charge in [0.05, 0.1) is 18.8 Å². The number of nitrogens with zero attached hydrogens (tertiary/aromatic N) is 1. The molecule has 0 saturated carbocycles. The van der Waals surface area contributed by atoms with Crippen LogP contribution in [0, 0.1) is 0 Å². The Morgan fingerprint density at radius 3 is 2.36 bits per heavy atom. The van der Waals surface area contributed by atoms with Gasteiger partial charge in [0.2, 0.25) is 5.88 Å². The van der Waals surface area contributed by atoms with Crippen molar-refractivity contribution in [3.8, 4) is 5.88 Å². The molecule has 0 fully saturated rings. The number of halogens is 6. The summed E-state index contributed by atoms with van der Waals surface area (Å²) in [6.45, 7) is -2.74. The van der Waals surface area contributed by atoms with Gasteiger partial charge in [0.25, 0.3) is 0 Å². The molecule has 1 heterocycles. The van der Waals surface area contributed by atoms with E-state index in [9.17, 15) is 31.1 Å². The van der Waals surface area contributed by atoms with Gasteiger partial charge in [-0.3, -0.25) is 4.39 Å². The van der Waals surface area contributed by atoms with E-state index in [-0.39, 0.29) is 18.6 Å². The van der Waals surface area contributed by atoms with Crippen LogP contribution in [0.25, 0.3) is 0 Å². The molecule has 0 spiro atoms. The molecule has 0 N–H and O–H groups in total. The Balaban J connectivity index is 2.57. The Morgan fingerprint density at radius 1 is 1.18 bits per heavy atom. The average Bonchev–Trinajstić information content (AvgIpc) is 2.44. The molecule has 1 rings (SSSR count). The summed E-state index contributed by atoms with van der Waals surface area (Å²) in [6, 6.07) is 2.02. The molecular weight excluding hydrogens is 320 g/mol. The molecule has 0 saturated heterocycles. The van der Waals surface area contributed by atoms with E-state index < -0.39 is 37.2 Å². The van der Waals surface area contributed by atoms with Crippen molar-refractivity contribution in [1.82, 2.24) is 4.98 Å². The van der Waals surface area contributed by atoms with Crippen molar-refractivity contribution < 1.29 is 40.6 Å². The molecule has 22 heavy (non-hydrogen) atoms. The van der Waals surface area contributed by atoms with Crippen molar-refractivity contribution in [2.24, 2.45) is 0 Å². The third-order valence-corrected chi connectivity index (χ3v) is 2.30. The lowest BCUT2D eigenvalue weighted by molar-refractivity contribution is -0.290. The molecule has 0 aliphatic carbocycles. The van der Waals surface area contributed by atoms with E-state index in [1.54, 1.807) is 0 Å². The van der Waals surface area contributed by atoms with Crippen molar-refractivity contribution >= 4 is 5.97 Å². The number of carbonyl (C=O) groups is 1. The summed E-state index contributed by atoms with van der Waals surface area (Å²) in [5.74, 6) is -6.35. The van der Waals surface area contributed by atoms with Crippen molar-refractivity contribution in [1.29, 1.82) is 0 Å². The molecule has 1 aromatic rings. The maximum Gasteiger partial charge on any atom is 0.456 e. The standard InChI is InChI=1S/C12H11F6NO3/c13-4-1-5-21-10(20)8-2-3-9(19-6-8)22-7-11(14,15)12(16,17)18/h2-3,6H,1,4-5,7H2. The van der Waals surface area contributed by atoms with Crippen LogP contribution in [0.15, 0.2) is 18.3 Å². The molecule has 0 aliphatic heterocycles. The van der Waals surface area contributed by atoms with Crippen molar-refractivity contribution in [3.63, 3.8) is 0 Å². The Labute approximate surface area is 121 Å². The van der Waals surface area contributed by atoms with Crippen LogP contribution in [-0.2, 0) is 4.74 Å². The molecule has 10 heteroatoms. The first-order valence-electron chi connectivity index (χ1n) is 5.94. The number of aromatic nitrogens is 1. The zero-order chi connectivity index (χ0) is 16.8. The van der Waals surface area contributed by atoms with Gasteiger partial charge < -0.3 is 9.47 Å². The van der Waals surface area contributed by atoms with Gasteiger partial charge in [-0.1, -0.05) is 0 Å². The van der Waals surface area contributed by atoms with Gasteiger partial charge in [0, 0.05) is 18.7 Å². The molecule has 0 amide bonds. The third-order valence-electron chi connectivity index (χ3n) is 2.30. The summed E-state index contributed by atoms with van der Waals surface area (Å²) in [6.07, 6.45) is -4.82. The average molecular weight is 331 g/mol. The zero-order valence-electron chi connectivity index (χ0n) is 11.0. The number of ether oxygens (including phenoxy) is 2. The minimum atomic E-state index is -5.73. The van der Waals surface area contributed by atoms with Gasteiger partial charge in [-0.2, -0.15) is 22.0 Å². The van der Waals surface area contributed by atoms with Gasteiger partial charge in [-0.15, -0.1) is 0 Å². The minimum Gasteiger partial charge on any atom is -0.471 e. The van der Waals surface area contributed by atoms with Crippen molar-refractivity contribution in [3.05, 3.63) is 23.9 Å². The minimum absolute atomic E-state index is 0.0207. The van der Waals surface area contributed by atoms with Crippen LogP contribution in [0.3, 0.4) is 0 Å². The molecule has 1 aromatic heterocycles. The molecule has 4 nitrogen and oxygen atoms in total. The largest absolute Gasteiger partial charge is 0.471 e. The van der Waals surface area contributed by atoms with E-state index in [0.717, 1.165) is 18.3 Å². The Kier molecular flexibility index (Phi) is 6.01. The third kappa shape index (κ3) is 5.08. The van der Waals surface area contributed by atoms with Crippen LogP contribution >= 0.6 is 0 Å².